The van der Waals surface area contributed by atoms with Gasteiger partial charge in [-0.15, -0.1) is 5.06 Å². The molecule has 0 radical (unpaired) electrons. The number of pyridine rings is 2. The molecule has 1 aliphatic heterocycles. The van der Waals surface area contributed by atoms with E-state index in [-0.39, 0.29) is 6.61 Å². The van der Waals surface area contributed by atoms with Crippen molar-refractivity contribution in [1.82, 2.24) is 15.0 Å². The Bertz CT molecular complexity index is 911. The summed E-state index contributed by atoms with van der Waals surface area (Å²) in [6.07, 6.45) is 5.30. The first-order valence-corrected chi connectivity index (χ1v) is 8.86. The number of benzene rings is 1. The molecular formula is C20H20N4O3. The Labute approximate surface area is 157 Å². The van der Waals surface area contributed by atoms with Crippen LogP contribution in [0.4, 0.5) is 5.69 Å². The van der Waals surface area contributed by atoms with Crippen LogP contribution >= 0.6 is 0 Å². The third kappa shape index (κ3) is 4.32. The van der Waals surface area contributed by atoms with Crippen LogP contribution < -0.4 is 9.64 Å². The Balaban J connectivity index is 1.25. The predicted molar refractivity (Wildman–Crippen MR) is 101 cm³/mol. The topological polar surface area (TPSA) is 67.8 Å². The molecule has 27 heavy (non-hydrogen) atoms. The first-order valence-electron chi connectivity index (χ1n) is 8.86. The number of rotatable bonds is 5. The van der Waals surface area contributed by atoms with Gasteiger partial charge in [-0.1, -0.05) is 6.07 Å². The average Bonchev–Trinajstić information content (AvgIpc) is 2.73. The minimum atomic E-state index is -0.404. The second-order valence-electron chi connectivity index (χ2n) is 6.23. The van der Waals surface area contributed by atoms with Crippen LogP contribution in [0, 0.1) is 0 Å². The third-order valence-corrected chi connectivity index (χ3v) is 4.43. The number of hydroxylamine groups is 2. The third-order valence-electron chi connectivity index (χ3n) is 4.43. The molecule has 3 aromatic rings. The number of piperazine rings is 1. The fourth-order valence-corrected chi connectivity index (χ4v) is 3.05. The van der Waals surface area contributed by atoms with Crippen LogP contribution in [0.5, 0.6) is 5.75 Å². The van der Waals surface area contributed by atoms with Gasteiger partial charge in [0.15, 0.2) is 6.61 Å². The Morgan fingerprint density at radius 3 is 2.63 bits per heavy atom. The zero-order valence-electron chi connectivity index (χ0n) is 14.8. The highest BCUT2D eigenvalue weighted by atomic mass is 16.7. The summed E-state index contributed by atoms with van der Waals surface area (Å²) >= 11 is 0. The van der Waals surface area contributed by atoms with Gasteiger partial charge in [-0.2, -0.15) is 0 Å². The van der Waals surface area contributed by atoms with Crippen LogP contribution in [0.15, 0.2) is 61.1 Å². The Morgan fingerprint density at radius 2 is 1.81 bits per heavy atom. The van der Waals surface area contributed by atoms with Crippen molar-refractivity contribution in [3.05, 3.63) is 61.1 Å². The molecule has 0 atom stereocenters. The van der Waals surface area contributed by atoms with E-state index in [4.69, 9.17) is 9.57 Å². The molecule has 0 N–H and O–H groups in total. The molecule has 1 aliphatic rings. The van der Waals surface area contributed by atoms with E-state index in [0.29, 0.717) is 18.8 Å². The standard InChI is InChI=1S/C20H20N4O3/c25-20(15-26-18-3-4-19-16(14-18)2-1-7-22-19)27-24-12-10-23(11-13-24)17-5-8-21-9-6-17/h1-9,14H,10-13,15H2. The van der Waals surface area contributed by atoms with E-state index in [2.05, 4.69) is 14.9 Å². The molecule has 0 spiro atoms. The summed E-state index contributed by atoms with van der Waals surface area (Å²) in [5.41, 5.74) is 2.02. The van der Waals surface area contributed by atoms with Gasteiger partial charge in [-0.05, 0) is 36.4 Å². The highest BCUT2D eigenvalue weighted by molar-refractivity contribution is 5.80. The van der Waals surface area contributed by atoms with Gasteiger partial charge in [0.1, 0.15) is 5.75 Å². The first-order chi connectivity index (χ1) is 13.3. The lowest BCUT2D eigenvalue weighted by molar-refractivity contribution is -0.193. The lowest BCUT2D eigenvalue weighted by Gasteiger charge is -2.34. The molecule has 138 valence electrons. The number of carbonyl (C=O) groups is 1. The summed E-state index contributed by atoms with van der Waals surface area (Å²) in [6, 6.07) is 13.3. The summed E-state index contributed by atoms with van der Waals surface area (Å²) in [5.74, 6) is 0.216. The van der Waals surface area contributed by atoms with Crippen LogP contribution in [-0.4, -0.2) is 53.8 Å². The van der Waals surface area contributed by atoms with Crippen LogP contribution in [-0.2, 0) is 9.63 Å². The molecular weight excluding hydrogens is 344 g/mol. The summed E-state index contributed by atoms with van der Waals surface area (Å²) in [4.78, 5) is 28.0. The molecule has 7 nitrogen and oxygen atoms in total. The highest BCUT2D eigenvalue weighted by Gasteiger charge is 2.20. The Morgan fingerprint density at radius 1 is 1.00 bits per heavy atom. The molecule has 1 saturated heterocycles. The van der Waals surface area contributed by atoms with Crippen LogP contribution in [0.1, 0.15) is 0 Å². The number of anilines is 1. The lowest BCUT2D eigenvalue weighted by Crippen LogP contribution is -2.47. The highest BCUT2D eigenvalue weighted by Crippen LogP contribution is 2.19. The number of carbonyl (C=O) groups excluding carboxylic acids is 1. The van der Waals surface area contributed by atoms with Gasteiger partial charge < -0.3 is 14.5 Å². The van der Waals surface area contributed by atoms with Crippen molar-refractivity contribution in [2.45, 2.75) is 0 Å². The van der Waals surface area contributed by atoms with Crippen LogP contribution in [0.3, 0.4) is 0 Å². The van der Waals surface area contributed by atoms with Crippen LogP contribution in [0.25, 0.3) is 10.9 Å². The molecule has 0 aliphatic carbocycles. The van der Waals surface area contributed by atoms with E-state index < -0.39 is 5.97 Å². The van der Waals surface area contributed by atoms with E-state index in [1.54, 1.807) is 29.7 Å². The van der Waals surface area contributed by atoms with Gasteiger partial charge in [0.05, 0.1) is 18.6 Å². The number of hydrogen-bond donors (Lipinski definition) is 0. The summed E-state index contributed by atoms with van der Waals surface area (Å²) in [7, 11) is 0. The molecule has 0 amide bonds. The first kappa shape index (κ1) is 17.2. The van der Waals surface area contributed by atoms with E-state index in [1.165, 1.54) is 0 Å². The summed E-state index contributed by atoms with van der Waals surface area (Å²) in [6.45, 7) is 2.74. The number of ether oxygens (including phenoxy) is 1. The van der Waals surface area contributed by atoms with Crippen LogP contribution in [0.2, 0.25) is 0 Å². The van der Waals surface area contributed by atoms with Crippen molar-refractivity contribution >= 4 is 22.6 Å². The van der Waals surface area contributed by atoms with E-state index in [0.717, 1.165) is 29.7 Å². The SMILES string of the molecule is O=C(COc1ccc2ncccc2c1)ON1CCN(c2ccncc2)CC1. The molecule has 2 aromatic heterocycles. The van der Waals surface area contributed by atoms with Gasteiger partial charge in [0, 0.05) is 42.8 Å². The number of fused-ring (bicyclic) bond motifs is 1. The van der Waals surface area contributed by atoms with Crippen molar-refractivity contribution in [2.24, 2.45) is 0 Å². The van der Waals surface area contributed by atoms with E-state index >= 15 is 0 Å². The normalized spacial score (nSPS) is 14.9. The molecule has 0 saturated carbocycles. The molecule has 0 unspecified atom stereocenters. The van der Waals surface area contributed by atoms with E-state index in [1.807, 2.05) is 36.4 Å². The lowest BCUT2D eigenvalue weighted by atomic mass is 10.2. The quantitative estimate of drug-likeness (QED) is 0.688. The zero-order chi connectivity index (χ0) is 18.5. The Hall–Kier alpha value is -3.19. The van der Waals surface area contributed by atoms with Crippen molar-refractivity contribution in [3.63, 3.8) is 0 Å². The van der Waals surface area contributed by atoms with Crippen molar-refractivity contribution in [1.29, 1.82) is 0 Å². The molecule has 1 fully saturated rings. The predicted octanol–water partition coefficient (Wildman–Crippen LogP) is 2.29. The Kier molecular flexibility index (Phi) is 5.11. The monoisotopic (exact) mass is 364 g/mol. The maximum Gasteiger partial charge on any atom is 0.362 e. The zero-order valence-corrected chi connectivity index (χ0v) is 14.8. The van der Waals surface area contributed by atoms with Gasteiger partial charge in [-0.3, -0.25) is 9.97 Å². The molecule has 1 aromatic carbocycles. The fraction of sp³-hybridized carbons (Fsp3) is 0.250. The number of aromatic nitrogens is 2. The molecule has 0 bridgehead atoms. The van der Waals surface area contributed by atoms with Crippen molar-refractivity contribution < 1.29 is 14.4 Å². The van der Waals surface area contributed by atoms with E-state index in [9.17, 15) is 4.79 Å². The van der Waals surface area contributed by atoms with Gasteiger partial charge in [0.2, 0.25) is 0 Å². The van der Waals surface area contributed by atoms with Gasteiger partial charge in [0.25, 0.3) is 0 Å². The smallest absolute Gasteiger partial charge is 0.362 e. The maximum absolute atomic E-state index is 12.1. The second kappa shape index (κ2) is 8.01. The molecule has 3 heterocycles. The van der Waals surface area contributed by atoms with Crippen molar-refractivity contribution in [2.75, 3.05) is 37.7 Å². The minimum Gasteiger partial charge on any atom is -0.482 e. The van der Waals surface area contributed by atoms with Gasteiger partial charge in [-0.25, -0.2) is 4.79 Å². The average molecular weight is 364 g/mol. The largest absolute Gasteiger partial charge is 0.482 e. The second-order valence-corrected chi connectivity index (χ2v) is 6.23. The number of nitrogens with zero attached hydrogens (tertiary/aromatic N) is 4. The van der Waals surface area contributed by atoms with Gasteiger partial charge >= 0.3 is 5.97 Å². The fourth-order valence-electron chi connectivity index (χ4n) is 3.05. The summed E-state index contributed by atoms with van der Waals surface area (Å²) in [5, 5.41) is 2.66. The molecule has 4 rings (SSSR count). The van der Waals surface area contributed by atoms with Crippen molar-refractivity contribution in [3.8, 4) is 5.75 Å². The molecule has 7 heteroatoms. The minimum absolute atomic E-state index is 0.129. The maximum atomic E-state index is 12.1. The number of hydrogen-bond acceptors (Lipinski definition) is 7. The summed E-state index contributed by atoms with van der Waals surface area (Å²) < 4.78 is 5.56.